The van der Waals surface area contributed by atoms with E-state index in [1.54, 1.807) is 43.0 Å². The highest BCUT2D eigenvalue weighted by molar-refractivity contribution is 9.10. The number of rotatable bonds is 5. The molecule has 2 atom stereocenters. The number of amides is 1. The second kappa shape index (κ2) is 7.43. The number of fused-ring (bicyclic) bond motifs is 1. The molecule has 2 aliphatic rings. The molecule has 0 saturated carbocycles. The number of halogens is 1. The monoisotopic (exact) mass is 443 g/mol. The first-order valence-corrected chi connectivity index (χ1v) is 10.1. The molecule has 132 valence electrons. The topological polar surface area (TPSA) is 83.9 Å². The Morgan fingerprint density at radius 1 is 1.48 bits per heavy atom. The maximum Gasteiger partial charge on any atom is 0.352 e. The number of thioether (sulfide) groups is 2. The number of hydrogen-bond acceptors (Lipinski definition) is 6. The molecule has 1 aromatic carbocycles. The van der Waals surface area contributed by atoms with Gasteiger partial charge in [-0.05, 0) is 47.1 Å². The molecule has 3 rings (SSSR count). The fraction of sp³-hybridized carbons (Fsp3) is 0.312. The van der Waals surface area contributed by atoms with Crippen LogP contribution in [0.1, 0.15) is 23.7 Å². The number of carboxylic acids is 1. The quantitative estimate of drug-likeness (QED) is 0.551. The van der Waals surface area contributed by atoms with E-state index >= 15 is 0 Å². The van der Waals surface area contributed by atoms with Crippen LogP contribution >= 0.6 is 39.5 Å². The summed E-state index contributed by atoms with van der Waals surface area (Å²) in [6.07, 6.45) is 1.95. The summed E-state index contributed by atoms with van der Waals surface area (Å²) in [7, 11) is 0. The zero-order valence-electron chi connectivity index (χ0n) is 13.1. The van der Waals surface area contributed by atoms with Crippen LogP contribution in [-0.2, 0) is 14.3 Å². The van der Waals surface area contributed by atoms with Gasteiger partial charge in [0, 0.05) is 9.37 Å². The Morgan fingerprint density at radius 2 is 2.24 bits per heavy atom. The third-order valence-corrected chi connectivity index (χ3v) is 7.27. The second-order valence-electron chi connectivity index (χ2n) is 5.27. The Balaban J connectivity index is 1.78. The molecule has 1 unspecified atom stereocenters. The van der Waals surface area contributed by atoms with E-state index in [9.17, 15) is 19.5 Å². The third kappa shape index (κ3) is 3.73. The first-order valence-electron chi connectivity index (χ1n) is 7.46. The van der Waals surface area contributed by atoms with Crippen LogP contribution < -0.4 is 0 Å². The minimum absolute atomic E-state index is 0.0387. The molecule has 1 saturated heterocycles. The maximum atomic E-state index is 11.8. The standard InChI is InChI=1S/C16H14BrNO5S2/c1-2-23-16(22)8-3-4-11(9(17)5-8)24-14-6-10(15(20)21)18-12(19)7-13(18)25-14/h3-6,13-14H,2,7H2,1H3,(H,20,21)/t13-,14?/m1/s1. The van der Waals surface area contributed by atoms with Crippen molar-refractivity contribution in [3.63, 3.8) is 0 Å². The van der Waals surface area contributed by atoms with E-state index in [1.165, 1.54) is 16.7 Å². The van der Waals surface area contributed by atoms with Gasteiger partial charge in [0.1, 0.15) is 5.70 Å². The predicted octanol–water partition coefficient (Wildman–Crippen LogP) is 3.32. The lowest BCUT2D eigenvalue weighted by molar-refractivity contribution is -0.146. The summed E-state index contributed by atoms with van der Waals surface area (Å²) in [4.78, 5) is 37.0. The molecule has 1 N–H and O–H groups in total. The zero-order chi connectivity index (χ0) is 18.1. The van der Waals surface area contributed by atoms with Crippen LogP contribution in [0.15, 0.2) is 39.3 Å². The number of carbonyl (C=O) groups excluding carboxylic acids is 2. The zero-order valence-corrected chi connectivity index (χ0v) is 16.3. The summed E-state index contributed by atoms with van der Waals surface area (Å²) in [6.45, 7) is 2.06. The van der Waals surface area contributed by atoms with Crippen molar-refractivity contribution in [1.82, 2.24) is 4.90 Å². The lowest BCUT2D eigenvalue weighted by Gasteiger charge is -2.44. The van der Waals surface area contributed by atoms with Gasteiger partial charge in [-0.1, -0.05) is 0 Å². The van der Waals surface area contributed by atoms with Crippen molar-refractivity contribution in [2.75, 3.05) is 6.61 Å². The minimum atomic E-state index is -1.10. The lowest BCUT2D eigenvalue weighted by atomic mass is 10.1. The molecule has 6 nitrogen and oxygen atoms in total. The third-order valence-electron chi connectivity index (χ3n) is 3.66. The van der Waals surface area contributed by atoms with E-state index in [0.29, 0.717) is 18.6 Å². The molecule has 0 aromatic heterocycles. The Labute approximate surface area is 161 Å². The van der Waals surface area contributed by atoms with Crippen LogP contribution in [-0.4, -0.2) is 44.4 Å². The maximum absolute atomic E-state index is 11.8. The predicted molar refractivity (Wildman–Crippen MR) is 98.3 cm³/mol. The van der Waals surface area contributed by atoms with Crippen LogP contribution in [0.5, 0.6) is 0 Å². The number of carboxylic acid groups (broad SMARTS) is 1. The molecule has 9 heteroatoms. The highest BCUT2D eigenvalue weighted by Gasteiger charge is 2.45. The molecule has 2 heterocycles. The second-order valence-corrected chi connectivity index (χ2v) is 8.93. The van der Waals surface area contributed by atoms with Gasteiger partial charge in [0.15, 0.2) is 0 Å². The summed E-state index contributed by atoms with van der Waals surface area (Å²) in [5.41, 5.74) is 0.490. The van der Waals surface area contributed by atoms with Crippen LogP contribution in [0.3, 0.4) is 0 Å². The average molecular weight is 444 g/mol. The van der Waals surface area contributed by atoms with Gasteiger partial charge in [0.05, 0.1) is 28.5 Å². The number of esters is 1. The summed E-state index contributed by atoms with van der Waals surface area (Å²) in [5.74, 6) is -1.64. The van der Waals surface area contributed by atoms with Gasteiger partial charge in [-0.25, -0.2) is 9.59 Å². The molecular weight excluding hydrogens is 430 g/mol. The number of benzene rings is 1. The van der Waals surface area contributed by atoms with Crippen molar-refractivity contribution >= 4 is 57.3 Å². The summed E-state index contributed by atoms with van der Waals surface area (Å²) < 4.78 is 5.58. The van der Waals surface area contributed by atoms with Gasteiger partial charge in [-0.3, -0.25) is 9.69 Å². The van der Waals surface area contributed by atoms with Crippen LogP contribution in [0.25, 0.3) is 0 Å². The number of β-lactam (4-membered cyclic amide) rings is 1. The van der Waals surface area contributed by atoms with E-state index in [2.05, 4.69) is 15.9 Å². The van der Waals surface area contributed by atoms with E-state index in [4.69, 9.17) is 4.74 Å². The molecule has 2 aliphatic heterocycles. The van der Waals surface area contributed by atoms with Gasteiger partial charge in [-0.15, -0.1) is 23.5 Å². The number of hydrogen-bond donors (Lipinski definition) is 1. The van der Waals surface area contributed by atoms with E-state index in [1.807, 2.05) is 0 Å². The van der Waals surface area contributed by atoms with Gasteiger partial charge in [0.2, 0.25) is 5.91 Å². The van der Waals surface area contributed by atoms with E-state index in [0.717, 1.165) is 9.37 Å². The number of ether oxygens (including phenoxy) is 1. The molecule has 1 amide bonds. The van der Waals surface area contributed by atoms with Crippen LogP contribution in [0.4, 0.5) is 0 Å². The number of aliphatic carboxylic acids is 1. The molecule has 1 fully saturated rings. The average Bonchev–Trinajstić information content (AvgIpc) is 2.55. The van der Waals surface area contributed by atoms with Crippen molar-refractivity contribution in [1.29, 1.82) is 0 Å². The van der Waals surface area contributed by atoms with Crippen molar-refractivity contribution in [2.24, 2.45) is 0 Å². The van der Waals surface area contributed by atoms with Gasteiger partial charge in [0.25, 0.3) is 0 Å². The summed E-state index contributed by atoms with van der Waals surface area (Å²) >= 11 is 6.47. The molecule has 0 aliphatic carbocycles. The SMILES string of the molecule is CCOC(=O)c1ccc(SC2C=C(C(=O)O)N3C(=O)C[C@H]3S2)c(Br)c1. The molecular formula is C16H14BrNO5S2. The molecule has 0 radical (unpaired) electrons. The van der Waals surface area contributed by atoms with E-state index in [-0.39, 0.29) is 27.5 Å². The first-order chi connectivity index (χ1) is 11.9. The number of carbonyl (C=O) groups is 3. The highest BCUT2D eigenvalue weighted by atomic mass is 79.9. The van der Waals surface area contributed by atoms with Crippen molar-refractivity contribution in [2.45, 2.75) is 28.2 Å². The molecule has 25 heavy (non-hydrogen) atoms. The largest absolute Gasteiger partial charge is 0.477 e. The summed E-state index contributed by atoms with van der Waals surface area (Å²) in [5, 5.41) is 9.20. The lowest BCUT2D eigenvalue weighted by Crippen LogP contribution is -2.53. The van der Waals surface area contributed by atoms with Crippen molar-refractivity contribution in [3.8, 4) is 0 Å². The smallest absolute Gasteiger partial charge is 0.352 e. The summed E-state index contributed by atoms with van der Waals surface area (Å²) in [6, 6.07) is 5.17. The Morgan fingerprint density at radius 3 is 2.84 bits per heavy atom. The van der Waals surface area contributed by atoms with Gasteiger partial charge < -0.3 is 9.84 Å². The Kier molecular flexibility index (Phi) is 5.45. The first kappa shape index (κ1) is 18.3. The normalized spacial score (nSPS) is 21.9. The van der Waals surface area contributed by atoms with Crippen molar-refractivity contribution < 1.29 is 24.2 Å². The highest BCUT2D eigenvalue weighted by Crippen LogP contribution is 2.47. The van der Waals surface area contributed by atoms with Crippen LogP contribution in [0, 0.1) is 0 Å². The molecule has 0 bridgehead atoms. The van der Waals surface area contributed by atoms with Crippen molar-refractivity contribution in [3.05, 3.63) is 40.0 Å². The van der Waals surface area contributed by atoms with Gasteiger partial charge >= 0.3 is 11.9 Å². The number of nitrogens with zero attached hydrogens (tertiary/aromatic N) is 1. The van der Waals surface area contributed by atoms with E-state index < -0.39 is 5.97 Å². The Hall–Kier alpha value is -1.45. The Bertz CT molecular complexity index is 782. The van der Waals surface area contributed by atoms with Crippen LogP contribution in [0.2, 0.25) is 0 Å². The fourth-order valence-electron chi connectivity index (χ4n) is 2.49. The minimum Gasteiger partial charge on any atom is -0.477 e. The van der Waals surface area contributed by atoms with Gasteiger partial charge in [-0.2, -0.15) is 0 Å². The fourth-order valence-corrected chi connectivity index (χ4v) is 5.94. The molecule has 0 spiro atoms. The molecule has 1 aromatic rings.